The van der Waals surface area contributed by atoms with Crippen LogP contribution in [0.2, 0.25) is 0 Å². The number of aliphatic hydroxyl groups excluding tert-OH is 3. The molecule has 0 spiro atoms. The number of phenolic OH excluding ortho intramolecular Hbond substituents is 1. The fourth-order valence-corrected chi connectivity index (χ4v) is 2.98. The molecule has 3 rings (SSSR count). The molecule has 1 saturated heterocycles. The second-order valence-corrected chi connectivity index (χ2v) is 6.84. The van der Waals surface area contributed by atoms with Crippen molar-refractivity contribution in [2.75, 3.05) is 6.61 Å². The maximum atomic E-state index is 12.2. The van der Waals surface area contributed by atoms with Crippen molar-refractivity contribution in [1.82, 2.24) is 0 Å². The fraction of sp³-hybridized carbons (Fsp3) is 0.273. The first-order valence-corrected chi connectivity index (χ1v) is 9.43. The molecule has 9 nitrogen and oxygen atoms in total. The third-order valence-electron chi connectivity index (χ3n) is 4.65. The summed E-state index contributed by atoms with van der Waals surface area (Å²) in [4.78, 5) is 22.9. The third kappa shape index (κ3) is 5.68. The molecule has 9 heteroatoms. The number of aliphatic hydroxyl groups is 3. The Morgan fingerprint density at radius 2 is 1.65 bits per heavy atom. The summed E-state index contributed by atoms with van der Waals surface area (Å²) >= 11 is 0. The van der Waals surface area contributed by atoms with Crippen molar-refractivity contribution in [3.63, 3.8) is 0 Å². The summed E-state index contributed by atoms with van der Waals surface area (Å²) in [6.45, 7) is -0.604. The quantitative estimate of drug-likeness (QED) is 0.283. The summed E-state index contributed by atoms with van der Waals surface area (Å²) in [6.07, 6.45) is -3.77. The predicted molar refractivity (Wildman–Crippen MR) is 107 cm³/mol. The molecule has 5 atom stereocenters. The molecule has 0 radical (unpaired) electrons. The Balaban J connectivity index is 1.64. The minimum Gasteiger partial charge on any atom is -0.508 e. The van der Waals surface area contributed by atoms with Crippen LogP contribution in [-0.4, -0.2) is 70.0 Å². The van der Waals surface area contributed by atoms with E-state index in [2.05, 4.69) is 0 Å². The van der Waals surface area contributed by atoms with Gasteiger partial charge in [0.1, 0.15) is 36.1 Å². The van der Waals surface area contributed by atoms with Crippen molar-refractivity contribution in [3.05, 3.63) is 65.7 Å². The van der Waals surface area contributed by atoms with E-state index in [-0.39, 0.29) is 11.5 Å². The van der Waals surface area contributed by atoms with Crippen molar-refractivity contribution in [2.45, 2.75) is 30.7 Å². The van der Waals surface area contributed by atoms with Crippen molar-refractivity contribution < 1.29 is 44.2 Å². The number of rotatable bonds is 7. The molecule has 1 heterocycles. The number of hydrogen-bond acceptors (Lipinski definition) is 9. The summed E-state index contributed by atoms with van der Waals surface area (Å²) in [6, 6.07) is 12.1. The average Bonchev–Trinajstić information content (AvgIpc) is 2.79. The Labute approximate surface area is 177 Å². The first-order chi connectivity index (χ1) is 14.9. The molecule has 0 unspecified atom stereocenters. The van der Waals surface area contributed by atoms with E-state index < -0.39 is 43.3 Å². The normalized spacial score (nSPS) is 25.8. The zero-order valence-electron chi connectivity index (χ0n) is 16.3. The number of benzene rings is 2. The van der Waals surface area contributed by atoms with Crippen LogP contribution in [0.5, 0.6) is 11.5 Å². The van der Waals surface area contributed by atoms with Gasteiger partial charge in [0.05, 0.1) is 6.61 Å². The van der Waals surface area contributed by atoms with Gasteiger partial charge in [0.25, 0.3) is 0 Å². The molecule has 1 aliphatic heterocycles. The lowest BCUT2D eigenvalue weighted by Crippen LogP contribution is -2.61. The number of esters is 1. The van der Waals surface area contributed by atoms with E-state index in [1.54, 1.807) is 12.1 Å². The van der Waals surface area contributed by atoms with Gasteiger partial charge >= 0.3 is 5.97 Å². The number of aldehydes is 1. The summed E-state index contributed by atoms with van der Waals surface area (Å²) in [5, 5.41) is 39.7. The Kier molecular flexibility index (Phi) is 7.37. The lowest BCUT2D eigenvalue weighted by Gasteiger charge is -2.41. The second kappa shape index (κ2) is 10.2. The number of aromatic hydroxyl groups is 1. The number of carbonyl (C=O) groups is 2. The average molecular weight is 430 g/mol. The number of phenols is 1. The molecule has 1 aliphatic rings. The third-order valence-corrected chi connectivity index (χ3v) is 4.65. The van der Waals surface area contributed by atoms with Crippen LogP contribution in [0.3, 0.4) is 0 Å². The largest absolute Gasteiger partial charge is 0.508 e. The molecule has 2 aromatic rings. The van der Waals surface area contributed by atoms with Gasteiger partial charge in [-0.3, -0.25) is 4.79 Å². The molecule has 0 amide bonds. The zero-order chi connectivity index (χ0) is 22.4. The zero-order valence-corrected chi connectivity index (χ0v) is 16.3. The Bertz CT molecular complexity index is 906. The maximum absolute atomic E-state index is 12.2. The first-order valence-electron chi connectivity index (χ1n) is 9.43. The number of carbonyl (C=O) groups excluding carboxylic acids is 2. The SMILES string of the molecule is O=Cc1ccc(O[C@@H]2O[C@H](CO)[C@@H](OC(=O)/C=C/c3ccc(O)cc3)[C@H](O)[C@H]2O)cc1. The molecule has 4 N–H and O–H groups in total. The predicted octanol–water partition coefficient (Wildman–Crippen LogP) is 0.648. The Morgan fingerprint density at radius 1 is 1.00 bits per heavy atom. The van der Waals surface area contributed by atoms with E-state index in [0.29, 0.717) is 17.4 Å². The highest BCUT2D eigenvalue weighted by Crippen LogP contribution is 2.26. The van der Waals surface area contributed by atoms with Crippen molar-refractivity contribution in [1.29, 1.82) is 0 Å². The van der Waals surface area contributed by atoms with E-state index in [1.165, 1.54) is 42.5 Å². The molecule has 0 aliphatic carbocycles. The lowest BCUT2D eigenvalue weighted by molar-refractivity contribution is -0.280. The standard InChI is InChI=1S/C22H22O9/c23-11-14-3-8-16(9-4-14)29-22-20(28)19(27)21(17(12-24)30-22)31-18(26)10-5-13-1-6-15(25)7-2-13/h1-11,17,19-22,24-25,27-28H,12H2/b10-5+/t17-,19-,20-,21-,22-/m1/s1. The lowest BCUT2D eigenvalue weighted by atomic mass is 9.99. The fourth-order valence-electron chi connectivity index (χ4n) is 2.98. The van der Waals surface area contributed by atoms with Gasteiger partial charge in [-0.05, 0) is 48.0 Å². The van der Waals surface area contributed by atoms with Crippen LogP contribution < -0.4 is 4.74 Å². The van der Waals surface area contributed by atoms with Gasteiger partial charge in [0.2, 0.25) is 6.29 Å². The van der Waals surface area contributed by atoms with Crippen LogP contribution in [0.25, 0.3) is 6.08 Å². The first kappa shape index (κ1) is 22.4. The van der Waals surface area contributed by atoms with Gasteiger partial charge < -0.3 is 34.6 Å². The van der Waals surface area contributed by atoms with Crippen LogP contribution in [0.1, 0.15) is 15.9 Å². The Morgan fingerprint density at radius 3 is 2.26 bits per heavy atom. The van der Waals surface area contributed by atoms with Gasteiger partial charge in [-0.1, -0.05) is 12.1 Å². The van der Waals surface area contributed by atoms with Crippen LogP contribution in [0, 0.1) is 0 Å². The molecule has 31 heavy (non-hydrogen) atoms. The van der Waals surface area contributed by atoms with Crippen LogP contribution >= 0.6 is 0 Å². The van der Waals surface area contributed by atoms with E-state index in [4.69, 9.17) is 14.2 Å². The summed E-state index contributed by atoms with van der Waals surface area (Å²) in [7, 11) is 0. The minimum absolute atomic E-state index is 0.0819. The van der Waals surface area contributed by atoms with Crippen molar-refractivity contribution in [2.24, 2.45) is 0 Å². The smallest absolute Gasteiger partial charge is 0.331 e. The van der Waals surface area contributed by atoms with Crippen LogP contribution in [0.4, 0.5) is 0 Å². The maximum Gasteiger partial charge on any atom is 0.331 e. The highest BCUT2D eigenvalue weighted by Gasteiger charge is 2.47. The number of hydrogen-bond donors (Lipinski definition) is 4. The summed E-state index contributed by atoms with van der Waals surface area (Å²) in [5.41, 5.74) is 1.06. The highest BCUT2D eigenvalue weighted by molar-refractivity contribution is 5.87. The second-order valence-electron chi connectivity index (χ2n) is 6.84. The molecular formula is C22H22O9. The molecule has 164 valence electrons. The van der Waals surface area contributed by atoms with Gasteiger partial charge in [-0.15, -0.1) is 0 Å². The summed E-state index contributed by atoms with van der Waals surface area (Å²) in [5.74, 6) is -0.473. The van der Waals surface area contributed by atoms with Crippen LogP contribution in [0.15, 0.2) is 54.6 Å². The number of ether oxygens (including phenoxy) is 3. The summed E-state index contributed by atoms with van der Waals surface area (Å²) < 4.78 is 16.2. The van der Waals surface area contributed by atoms with Crippen molar-refractivity contribution >= 4 is 18.3 Å². The molecule has 0 saturated carbocycles. The Hall–Kier alpha value is -3.24. The van der Waals surface area contributed by atoms with E-state index in [1.807, 2.05) is 0 Å². The molecule has 1 fully saturated rings. The molecule has 0 bridgehead atoms. The van der Waals surface area contributed by atoms with Crippen LogP contribution in [-0.2, 0) is 14.3 Å². The topological polar surface area (TPSA) is 143 Å². The van der Waals surface area contributed by atoms with Gasteiger partial charge in [-0.2, -0.15) is 0 Å². The molecule has 2 aromatic carbocycles. The van der Waals surface area contributed by atoms with Gasteiger partial charge in [0.15, 0.2) is 6.10 Å². The highest BCUT2D eigenvalue weighted by atomic mass is 16.7. The monoisotopic (exact) mass is 430 g/mol. The van der Waals surface area contributed by atoms with E-state index in [0.717, 1.165) is 6.08 Å². The van der Waals surface area contributed by atoms with Crippen molar-refractivity contribution in [3.8, 4) is 11.5 Å². The van der Waals surface area contributed by atoms with E-state index in [9.17, 15) is 30.0 Å². The molecular weight excluding hydrogens is 408 g/mol. The van der Waals surface area contributed by atoms with Gasteiger partial charge in [-0.25, -0.2) is 4.79 Å². The molecule has 0 aromatic heterocycles. The van der Waals surface area contributed by atoms with E-state index >= 15 is 0 Å². The van der Waals surface area contributed by atoms with Gasteiger partial charge in [0, 0.05) is 11.6 Å². The minimum atomic E-state index is -1.59.